The zero-order chi connectivity index (χ0) is 20.3. The summed E-state index contributed by atoms with van der Waals surface area (Å²) in [5.74, 6) is -1.42. The molecular formula is C18H16Br2N2O5. The Bertz CT molecular complexity index is 892. The van der Waals surface area contributed by atoms with E-state index in [1.165, 1.54) is 6.92 Å². The standard InChI is InChI=1S/C18H16Br2N2O5/c1-4-25-18(24)14-8(2)26-17(22)11(7-21)15(14)10-5-12(19)16(13(20)6-10)27-9(3)23/h5-6,15H,4,22H2,1-3H3. The van der Waals surface area contributed by atoms with Gasteiger partial charge in [0.1, 0.15) is 17.4 Å². The van der Waals surface area contributed by atoms with Gasteiger partial charge in [0.25, 0.3) is 0 Å². The average Bonchev–Trinajstić information content (AvgIpc) is 2.57. The molecule has 1 aromatic rings. The van der Waals surface area contributed by atoms with Crippen molar-refractivity contribution < 1.29 is 23.8 Å². The van der Waals surface area contributed by atoms with Gasteiger partial charge in [0, 0.05) is 6.92 Å². The molecular weight excluding hydrogens is 484 g/mol. The number of nitrogens with two attached hydrogens (primary N) is 1. The van der Waals surface area contributed by atoms with Crippen LogP contribution in [0, 0.1) is 11.3 Å². The van der Waals surface area contributed by atoms with Gasteiger partial charge in [0.05, 0.1) is 27.0 Å². The Hall–Kier alpha value is -2.31. The van der Waals surface area contributed by atoms with E-state index >= 15 is 0 Å². The Labute approximate surface area is 173 Å². The predicted octanol–water partition coefficient (Wildman–Crippen LogP) is 3.78. The minimum Gasteiger partial charge on any atom is -0.463 e. The highest BCUT2D eigenvalue weighted by Crippen LogP contribution is 2.44. The first-order valence-corrected chi connectivity index (χ1v) is 9.42. The number of rotatable bonds is 4. The van der Waals surface area contributed by atoms with E-state index in [0.717, 1.165) is 0 Å². The molecule has 9 heteroatoms. The van der Waals surface area contributed by atoms with E-state index < -0.39 is 17.9 Å². The number of hydrogen-bond donors (Lipinski definition) is 1. The van der Waals surface area contributed by atoms with Gasteiger partial charge in [0.2, 0.25) is 5.88 Å². The number of nitrogens with zero attached hydrogens (tertiary/aromatic N) is 1. The first-order chi connectivity index (χ1) is 12.7. The van der Waals surface area contributed by atoms with Crippen LogP contribution in [-0.2, 0) is 19.1 Å². The van der Waals surface area contributed by atoms with Crippen LogP contribution in [0.15, 0.2) is 43.9 Å². The van der Waals surface area contributed by atoms with Crippen LogP contribution >= 0.6 is 31.9 Å². The molecule has 1 unspecified atom stereocenters. The molecule has 1 atom stereocenters. The van der Waals surface area contributed by atoms with E-state index in [0.29, 0.717) is 14.5 Å². The maximum absolute atomic E-state index is 12.5. The summed E-state index contributed by atoms with van der Waals surface area (Å²) in [4.78, 5) is 23.8. The SMILES string of the molecule is CCOC(=O)C1=C(C)OC(N)=C(C#N)C1c1cc(Br)c(OC(C)=O)c(Br)c1. The van der Waals surface area contributed by atoms with Gasteiger partial charge in [-0.25, -0.2) is 4.79 Å². The minimum atomic E-state index is -0.790. The molecule has 0 saturated carbocycles. The van der Waals surface area contributed by atoms with Crippen molar-refractivity contribution in [2.75, 3.05) is 6.61 Å². The fourth-order valence-corrected chi connectivity index (χ4v) is 4.06. The van der Waals surface area contributed by atoms with E-state index in [2.05, 4.69) is 31.9 Å². The summed E-state index contributed by atoms with van der Waals surface area (Å²) in [6.07, 6.45) is 0. The third-order valence-electron chi connectivity index (χ3n) is 3.70. The summed E-state index contributed by atoms with van der Waals surface area (Å²) < 4.78 is 16.6. The van der Waals surface area contributed by atoms with E-state index in [1.54, 1.807) is 26.0 Å². The van der Waals surface area contributed by atoms with Crippen LogP contribution in [0.3, 0.4) is 0 Å². The Kier molecular flexibility index (Phi) is 6.68. The molecule has 1 aliphatic heterocycles. The lowest BCUT2D eigenvalue weighted by atomic mass is 9.83. The lowest BCUT2D eigenvalue weighted by Crippen LogP contribution is -2.25. The fraction of sp³-hybridized carbons (Fsp3) is 0.278. The molecule has 27 heavy (non-hydrogen) atoms. The molecule has 0 amide bonds. The maximum Gasteiger partial charge on any atom is 0.338 e. The van der Waals surface area contributed by atoms with Crippen molar-refractivity contribution in [1.29, 1.82) is 5.26 Å². The number of halogens is 2. The van der Waals surface area contributed by atoms with Gasteiger partial charge in [-0.1, -0.05) is 0 Å². The Morgan fingerprint density at radius 1 is 1.33 bits per heavy atom. The molecule has 0 fully saturated rings. The van der Waals surface area contributed by atoms with E-state index in [4.69, 9.17) is 19.9 Å². The van der Waals surface area contributed by atoms with Crippen molar-refractivity contribution in [1.82, 2.24) is 0 Å². The second kappa shape index (κ2) is 8.59. The van der Waals surface area contributed by atoms with E-state index in [9.17, 15) is 14.9 Å². The summed E-state index contributed by atoms with van der Waals surface area (Å²) in [5, 5.41) is 9.59. The Balaban J connectivity index is 2.66. The minimum absolute atomic E-state index is 0.0793. The molecule has 142 valence electrons. The molecule has 0 spiro atoms. The average molecular weight is 500 g/mol. The molecule has 0 radical (unpaired) electrons. The first kappa shape index (κ1) is 21.0. The third-order valence-corrected chi connectivity index (χ3v) is 4.88. The van der Waals surface area contributed by atoms with Gasteiger partial charge in [-0.3, -0.25) is 4.79 Å². The number of carbonyl (C=O) groups excluding carboxylic acids is 2. The molecule has 1 aromatic carbocycles. The van der Waals surface area contributed by atoms with Gasteiger partial charge < -0.3 is 19.9 Å². The summed E-state index contributed by atoms with van der Waals surface area (Å²) in [5.41, 5.74) is 6.70. The van der Waals surface area contributed by atoms with Crippen LogP contribution in [-0.4, -0.2) is 18.5 Å². The zero-order valence-electron chi connectivity index (χ0n) is 14.8. The number of benzene rings is 1. The van der Waals surface area contributed by atoms with Crippen LogP contribution in [0.25, 0.3) is 0 Å². The molecule has 1 heterocycles. The van der Waals surface area contributed by atoms with Crippen molar-refractivity contribution in [3.8, 4) is 11.8 Å². The summed E-state index contributed by atoms with van der Waals surface area (Å²) >= 11 is 6.70. The summed E-state index contributed by atoms with van der Waals surface area (Å²) in [6, 6.07) is 5.31. The summed E-state index contributed by atoms with van der Waals surface area (Å²) in [7, 11) is 0. The van der Waals surface area contributed by atoms with Crippen LogP contribution in [0.5, 0.6) is 5.75 Å². The second-order valence-corrected chi connectivity index (χ2v) is 7.23. The highest BCUT2D eigenvalue weighted by Gasteiger charge is 2.37. The lowest BCUT2D eigenvalue weighted by molar-refractivity contribution is -0.139. The normalized spacial score (nSPS) is 16.5. The van der Waals surface area contributed by atoms with Crippen molar-refractivity contribution in [3.63, 3.8) is 0 Å². The molecule has 2 rings (SSSR count). The second-order valence-electron chi connectivity index (χ2n) is 5.52. The monoisotopic (exact) mass is 498 g/mol. The van der Waals surface area contributed by atoms with Crippen molar-refractivity contribution in [2.45, 2.75) is 26.7 Å². The number of hydrogen-bond acceptors (Lipinski definition) is 7. The van der Waals surface area contributed by atoms with E-state index in [1.807, 2.05) is 6.07 Å². The number of nitriles is 1. The molecule has 2 N–H and O–H groups in total. The van der Waals surface area contributed by atoms with Gasteiger partial charge in [-0.05, 0) is 63.4 Å². The van der Waals surface area contributed by atoms with Gasteiger partial charge >= 0.3 is 11.9 Å². The third kappa shape index (κ3) is 4.34. The van der Waals surface area contributed by atoms with E-state index in [-0.39, 0.29) is 35.1 Å². The van der Waals surface area contributed by atoms with Gasteiger partial charge in [0.15, 0.2) is 5.75 Å². The smallest absolute Gasteiger partial charge is 0.338 e. The molecule has 1 aliphatic rings. The number of esters is 2. The first-order valence-electron chi connectivity index (χ1n) is 7.84. The highest BCUT2D eigenvalue weighted by atomic mass is 79.9. The van der Waals surface area contributed by atoms with Crippen LogP contribution in [0.4, 0.5) is 0 Å². The van der Waals surface area contributed by atoms with Crippen LogP contribution in [0.1, 0.15) is 32.3 Å². The van der Waals surface area contributed by atoms with Gasteiger partial charge in [-0.2, -0.15) is 5.26 Å². The summed E-state index contributed by atoms with van der Waals surface area (Å²) in [6.45, 7) is 4.72. The molecule has 7 nitrogen and oxygen atoms in total. The largest absolute Gasteiger partial charge is 0.463 e. The number of allylic oxidation sites excluding steroid dienone is 2. The lowest BCUT2D eigenvalue weighted by Gasteiger charge is -2.27. The highest BCUT2D eigenvalue weighted by molar-refractivity contribution is 9.11. The van der Waals surface area contributed by atoms with Crippen molar-refractivity contribution >= 4 is 43.8 Å². The molecule has 0 aromatic heterocycles. The Morgan fingerprint density at radius 3 is 2.41 bits per heavy atom. The molecule has 0 aliphatic carbocycles. The number of ether oxygens (including phenoxy) is 3. The number of carbonyl (C=O) groups is 2. The quantitative estimate of drug-likeness (QED) is 0.495. The predicted molar refractivity (Wildman–Crippen MR) is 103 cm³/mol. The van der Waals surface area contributed by atoms with Crippen molar-refractivity contribution in [3.05, 3.63) is 49.4 Å². The maximum atomic E-state index is 12.5. The fourth-order valence-electron chi connectivity index (χ4n) is 2.68. The zero-order valence-corrected chi connectivity index (χ0v) is 17.9. The van der Waals surface area contributed by atoms with Crippen LogP contribution < -0.4 is 10.5 Å². The molecule has 0 bridgehead atoms. The Morgan fingerprint density at radius 2 is 1.93 bits per heavy atom. The topological polar surface area (TPSA) is 112 Å². The van der Waals surface area contributed by atoms with Crippen LogP contribution in [0.2, 0.25) is 0 Å². The van der Waals surface area contributed by atoms with Crippen molar-refractivity contribution in [2.24, 2.45) is 5.73 Å². The van der Waals surface area contributed by atoms with Gasteiger partial charge in [-0.15, -0.1) is 0 Å². The molecule has 0 saturated heterocycles.